The molecule has 0 aliphatic heterocycles. The quantitative estimate of drug-likeness (QED) is 0.870. The zero-order valence-electron chi connectivity index (χ0n) is 10.4. The predicted octanol–water partition coefficient (Wildman–Crippen LogP) is 3.68. The SMILES string of the molecule is CC(C)C1(CNc2nc3ccccc3o2)CC1. The number of hydrogen-bond acceptors (Lipinski definition) is 3. The van der Waals surface area contributed by atoms with Gasteiger partial charge in [0.2, 0.25) is 0 Å². The minimum Gasteiger partial charge on any atom is -0.424 e. The van der Waals surface area contributed by atoms with Gasteiger partial charge in [0.1, 0.15) is 5.52 Å². The highest BCUT2D eigenvalue weighted by atomic mass is 16.4. The Balaban J connectivity index is 1.73. The van der Waals surface area contributed by atoms with E-state index in [0.29, 0.717) is 11.4 Å². The molecule has 3 rings (SSSR count). The Hall–Kier alpha value is -1.51. The van der Waals surface area contributed by atoms with E-state index in [1.165, 1.54) is 12.8 Å². The number of oxazole rings is 1. The summed E-state index contributed by atoms with van der Waals surface area (Å²) in [5.74, 6) is 0.722. The van der Waals surface area contributed by atoms with Gasteiger partial charge in [0.05, 0.1) is 0 Å². The van der Waals surface area contributed by atoms with Gasteiger partial charge in [-0.05, 0) is 36.3 Å². The zero-order chi connectivity index (χ0) is 11.9. The number of fused-ring (bicyclic) bond motifs is 1. The molecule has 90 valence electrons. The molecule has 0 unspecified atom stereocenters. The van der Waals surface area contributed by atoms with Gasteiger partial charge >= 0.3 is 0 Å². The number of nitrogens with one attached hydrogen (secondary N) is 1. The molecular weight excluding hydrogens is 212 g/mol. The summed E-state index contributed by atoms with van der Waals surface area (Å²) in [6, 6.07) is 8.51. The molecule has 0 radical (unpaired) electrons. The highest BCUT2D eigenvalue weighted by Crippen LogP contribution is 2.51. The van der Waals surface area contributed by atoms with E-state index in [-0.39, 0.29) is 0 Å². The molecule has 2 aromatic rings. The molecule has 0 saturated heterocycles. The van der Waals surface area contributed by atoms with E-state index in [0.717, 1.165) is 23.6 Å². The van der Waals surface area contributed by atoms with Crippen molar-refractivity contribution in [3.8, 4) is 0 Å². The lowest BCUT2D eigenvalue weighted by Gasteiger charge is -2.19. The zero-order valence-corrected chi connectivity index (χ0v) is 10.4. The molecule has 17 heavy (non-hydrogen) atoms. The maximum Gasteiger partial charge on any atom is 0.295 e. The van der Waals surface area contributed by atoms with Gasteiger partial charge in [0.25, 0.3) is 6.01 Å². The Bertz CT molecular complexity index is 493. The van der Waals surface area contributed by atoms with Crippen LogP contribution < -0.4 is 5.32 Å². The molecule has 1 saturated carbocycles. The topological polar surface area (TPSA) is 38.1 Å². The average Bonchev–Trinajstić information content (AvgIpc) is 3.00. The van der Waals surface area contributed by atoms with Crippen LogP contribution in [0.3, 0.4) is 0 Å². The van der Waals surface area contributed by atoms with Crippen LogP contribution in [0, 0.1) is 11.3 Å². The van der Waals surface area contributed by atoms with E-state index < -0.39 is 0 Å². The van der Waals surface area contributed by atoms with Crippen LogP contribution in [0.1, 0.15) is 26.7 Å². The highest BCUT2D eigenvalue weighted by molar-refractivity contribution is 5.74. The van der Waals surface area contributed by atoms with Crippen molar-refractivity contribution in [1.29, 1.82) is 0 Å². The van der Waals surface area contributed by atoms with Crippen LogP contribution in [0.25, 0.3) is 11.1 Å². The van der Waals surface area contributed by atoms with Gasteiger partial charge in [-0.15, -0.1) is 0 Å². The molecule has 1 N–H and O–H groups in total. The Morgan fingerprint density at radius 2 is 2.12 bits per heavy atom. The third-order valence-corrected chi connectivity index (χ3v) is 4.00. The van der Waals surface area contributed by atoms with Gasteiger partial charge in [-0.2, -0.15) is 4.98 Å². The summed E-state index contributed by atoms with van der Waals surface area (Å²) in [7, 11) is 0. The molecule has 1 aliphatic rings. The number of rotatable bonds is 4. The van der Waals surface area contributed by atoms with Crippen LogP contribution >= 0.6 is 0 Å². The summed E-state index contributed by atoms with van der Waals surface area (Å²) in [5, 5.41) is 3.34. The molecule has 0 amide bonds. The maximum atomic E-state index is 5.65. The van der Waals surface area contributed by atoms with Gasteiger partial charge in [0.15, 0.2) is 5.58 Å². The molecule has 3 heteroatoms. The van der Waals surface area contributed by atoms with Gasteiger partial charge in [-0.25, -0.2) is 0 Å². The number of aromatic nitrogens is 1. The summed E-state index contributed by atoms with van der Waals surface area (Å²) in [6.45, 7) is 5.55. The summed E-state index contributed by atoms with van der Waals surface area (Å²) in [5.41, 5.74) is 2.24. The second-order valence-electron chi connectivity index (χ2n) is 5.36. The number of benzene rings is 1. The van der Waals surface area contributed by atoms with Gasteiger partial charge in [-0.3, -0.25) is 0 Å². The van der Waals surface area contributed by atoms with Crippen molar-refractivity contribution < 1.29 is 4.42 Å². The first-order chi connectivity index (χ1) is 8.20. The molecule has 0 atom stereocenters. The lowest BCUT2D eigenvalue weighted by Crippen LogP contribution is -2.20. The normalized spacial score (nSPS) is 17.6. The average molecular weight is 230 g/mol. The van der Waals surface area contributed by atoms with Gasteiger partial charge in [-0.1, -0.05) is 26.0 Å². The summed E-state index contributed by atoms with van der Waals surface area (Å²) in [4.78, 5) is 4.43. The largest absolute Gasteiger partial charge is 0.424 e. The van der Waals surface area contributed by atoms with Crippen LogP contribution in [0.15, 0.2) is 28.7 Å². The van der Waals surface area contributed by atoms with Crippen LogP contribution in [0.2, 0.25) is 0 Å². The van der Waals surface area contributed by atoms with Crippen LogP contribution in [-0.2, 0) is 0 Å². The van der Waals surface area contributed by atoms with Crippen molar-refractivity contribution in [3.63, 3.8) is 0 Å². The molecule has 1 aromatic carbocycles. The van der Waals surface area contributed by atoms with Crippen molar-refractivity contribution in [2.45, 2.75) is 26.7 Å². The Labute approximate surface area is 101 Å². The molecule has 1 aliphatic carbocycles. The first-order valence-corrected chi connectivity index (χ1v) is 6.29. The molecule has 1 aromatic heterocycles. The van der Waals surface area contributed by atoms with Gasteiger partial charge in [0, 0.05) is 6.54 Å². The maximum absolute atomic E-state index is 5.65. The van der Waals surface area contributed by atoms with E-state index in [1.54, 1.807) is 0 Å². The van der Waals surface area contributed by atoms with Crippen LogP contribution in [-0.4, -0.2) is 11.5 Å². The predicted molar refractivity (Wildman–Crippen MR) is 69.0 cm³/mol. The molecular formula is C14H18N2O. The fourth-order valence-corrected chi connectivity index (χ4v) is 2.32. The third kappa shape index (κ3) is 1.90. The first-order valence-electron chi connectivity index (χ1n) is 6.29. The molecule has 1 heterocycles. The standard InChI is InChI=1S/C14H18N2O/c1-10(2)14(7-8-14)9-15-13-16-11-5-3-4-6-12(11)17-13/h3-6,10H,7-9H2,1-2H3,(H,15,16). The fraction of sp³-hybridized carbons (Fsp3) is 0.500. The Morgan fingerprint density at radius 3 is 2.76 bits per heavy atom. The third-order valence-electron chi connectivity index (χ3n) is 4.00. The van der Waals surface area contributed by atoms with Crippen molar-refractivity contribution in [2.75, 3.05) is 11.9 Å². The summed E-state index contributed by atoms with van der Waals surface area (Å²) < 4.78 is 5.65. The van der Waals surface area contributed by atoms with E-state index in [1.807, 2.05) is 24.3 Å². The van der Waals surface area contributed by atoms with Crippen molar-refractivity contribution in [1.82, 2.24) is 4.98 Å². The highest BCUT2D eigenvalue weighted by Gasteiger charge is 2.45. The first kappa shape index (κ1) is 10.6. The van der Waals surface area contributed by atoms with Crippen molar-refractivity contribution >= 4 is 17.1 Å². The van der Waals surface area contributed by atoms with E-state index in [9.17, 15) is 0 Å². The minimum atomic E-state index is 0.473. The number of nitrogens with zero attached hydrogens (tertiary/aromatic N) is 1. The number of anilines is 1. The van der Waals surface area contributed by atoms with Crippen molar-refractivity contribution in [2.24, 2.45) is 11.3 Å². The second-order valence-corrected chi connectivity index (χ2v) is 5.36. The molecule has 1 fully saturated rings. The monoisotopic (exact) mass is 230 g/mol. The van der Waals surface area contributed by atoms with Gasteiger partial charge < -0.3 is 9.73 Å². The van der Waals surface area contributed by atoms with E-state index >= 15 is 0 Å². The summed E-state index contributed by atoms with van der Waals surface area (Å²) in [6.07, 6.45) is 2.63. The Morgan fingerprint density at radius 1 is 1.35 bits per heavy atom. The lowest BCUT2D eigenvalue weighted by atomic mass is 9.92. The lowest BCUT2D eigenvalue weighted by molar-refractivity contribution is 0.376. The fourth-order valence-electron chi connectivity index (χ4n) is 2.32. The summed E-state index contributed by atoms with van der Waals surface area (Å²) >= 11 is 0. The number of hydrogen-bond donors (Lipinski definition) is 1. The van der Waals surface area contributed by atoms with Crippen molar-refractivity contribution in [3.05, 3.63) is 24.3 Å². The minimum absolute atomic E-state index is 0.473. The Kier molecular flexibility index (Phi) is 2.35. The molecule has 3 nitrogen and oxygen atoms in total. The molecule has 0 bridgehead atoms. The van der Waals surface area contributed by atoms with E-state index in [2.05, 4.69) is 24.1 Å². The number of para-hydroxylation sites is 2. The second kappa shape index (κ2) is 3.76. The van der Waals surface area contributed by atoms with Crippen LogP contribution in [0.5, 0.6) is 0 Å². The van der Waals surface area contributed by atoms with Crippen LogP contribution in [0.4, 0.5) is 6.01 Å². The molecule has 0 spiro atoms. The smallest absolute Gasteiger partial charge is 0.295 e. The van der Waals surface area contributed by atoms with E-state index in [4.69, 9.17) is 4.42 Å².